The van der Waals surface area contributed by atoms with Crippen molar-refractivity contribution >= 4 is 100 Å². The summed E-state index contributed by atoms with van der Waals surface area (Å²) in [5, 5.41) is 2.48. The Morgan fingerprint density at radius 2 is 1.43 bits per heavy atom. The maximum Gasteiger partial charge on any atom is 0.550 e. The van der Waals surface area contributed by atoms with E-state index in [1.165, 1.54) is 14.1 Å². The number of phosphoric acid groups is 1. The molecule has 15 heteroatoms. The Labute approximate surface area is 167 Å². The largest absolute Gasteiger partial charge is 0.550 e. The Bertz CT molecular complexity index is 468. The van der Waals surface area contributed by atoms with E-state index in [1.807, 2.05) is 0 Å². The lowest BCUT2D eigenvalue weighted by molar-refractivity contribution is -0.121. The molecule has 0 radical (unpaired) electrons. The van der Waals surface area contributed by atoms with Crippen LogP contribution in [0.25, 0.3) is 0 Å². The summed E-state index contributed by atoms with van der Waals surface area (Å²) < 4.78 is 22.4. The summed E-state index contributed by atoms with van der Waals surface area (Å²) in [6.07, 6.45) is 0. The molecule has 0 heterocycles. The number of carbonyl (C=O) groups is 1. The molecule has 0 saturated carbocycles. The van der Waals surface area contributed by atoms with Gasteiger partial charge in [-0.25, -0.2) is 4.57 Å². The monoisotopic (exact) mass is 490 g/mol. The molecule has 23 heavy (non-hydrogen) atoms. The standard InChI is InChI=1S/C8H10Cl7N2O5P/c1-17(2)6(18)5(9)16-22-23(19,20-3-7(10,11)12)21-4-8(13,14)15/h3-4H2,1-2H3. The number of amides is 1. The van der Waals surface area contributed by atoms with Gasteiger partial charge in [0.15, 0.2) is 0 Å². The van der Waals surface area contributed by atoms with Gasteiger partial charge in [0.05, 0.1) is 0 Å². The van der Waals surface area contributed by atoms with Crippen molar-refractivity contribution in [2.75, 3.05) is 27.3 Å². The highest BCUT2D eigenvalue weighted by atomic mass is 35.6. The van der Waals surface area contributed by atoms with Crippen LogP contribution in [-0.4, -0.2) is 50.9 Å². The summed E-state index contributed by atoms with van der Waals surface area (Å²) in [5.74, 6) is -0.735. The van der Waals surface area contributed by atoms with E-state index in [0.717, 1.165) is 4.90 Å². The van der Waals surface area contributed by atoms with Crippen LogP contribution in [0, 0.1) is 0 Å². The molecule has 0 aromatic carbocycles. The van der Waals surface area contributed by atoms with Crippen LogP contribution < -0.4 is 0 Å². The van der Waals surface area contributed by atoms with Crippen molar-refractivity contribution in [3.8, 4) is 0 Å². The molecule has 0 unspecified atom stereocenters. The Morgan fingerprint density at radius 1 is 1.04 bits per heavy atom. The molecule has 136 valence electrons. The lowest BCUT2D eigenvalue weighted by atomic mass is 10.6. The summed E-state index contributed by atoms with van der Waals surface area (Å²) >= 11 is 38.3. The average Bonchev–Trinajstić information content (AvgIpc) is 2.38. The lowest BCUT2D eigenvalue weighted by Gasteiger charge is -2.20. The molecule has 0 fully saturated rings. The summed E-state index contributed by atoms with van der Waals surface area (Å²) in [6.45, 7) is -1.41. The van der Waals surface area contributed by atoms with Crippen molar-refractivity contribution in [2.45, 2.75) is 7.59 Å². The molecule has 0 bridgehead atoms. The summed E-state index contributed by atoms with van der Waals surface area (Å²) in [6, 6.07) is 0. The average molecular weight is 493 g/mol. The molecule has 0 atom stereocenters. The topological polar surface area (TPSA) is 77.4 Å². The van der Waals surface area contributed by atoms with Crippen LogP contribution in [0.3, 0.4) is 0 Å². The summed E-state index contributed by atoms with van der Waals surface area (Å²) in [7, 11) is -1.68. The molecule has 7 nitrogen and oxygen atoms in total. The van der Waals surface area contributed by atoms with Crippen LogP contribution in [0.4, 0.5) is 0 Å². The normalized spacial score (nSPS) is 13.9. The highest BCUT2D eigenvalue weighted by Crippen LogP contribution is 2.52. The van der Waals surface area contributed by atoms with Crippen LogP contribution in [-0.2, 0) is 23.0 Å². The smallest absolute Gasteiger partial charge is 0.343 e. The van der Waals surface area contributed by atoms with Gasteiger partial charge in [0.2, 0.25) is 12.8 Å². The minimum atomic E-state index is -4.49. The number of rotatable bonds is 7. The van der Waals surface area contributed by atoms with Gasteiger partial charge in [-0.1, -0.05) is 86.4 Å². The van der Waals surface area contributed by atoms with E-state index in [1.54, 1.807) is 0 Å². The van der Waals surface area contributed by atoms with Gasteiger partial charge in [0, 0.05) is 14.1 Å². The molecule has 0 aliphatic rings. The molecule has 0 aromatic heterocycles. The first-order chi connectivity index (χ1) is 10.2. The summed E-state index contributed by atoms with van der Waals surface area (Å²) in [5.41, 5.74) is 0. The van der Waals surface area contributed by atoms with Gasteiger partial charge in [-0.3, -0.25) is 18.5 Å². The van der Waals surface area contributed by atoms with Gasteiger partial charge in [-0.2, -0.15) is 0 Å². The second-order valence-corrected chi connectivity index (χ2v) is 10.9. The van der Waals surface area contributed by atoms with Gasteiger partial charge >= 0.3 is 7.82 Å². The quantitative estimate of drug-likeness (QED) is 0.226. The minimum Gasteiger partial charge on any atom is -0.343 e. The number of phosphoric ester groups is 1. The van der Waals surface area contributed by atoms with Gasteiger partial charge in [-0.15, -0.1) is 0 Å². The number of nitrogens with zero attached hydrogens (tertiary/aromatic N) is 2. The fourth-order valence-corrected chi connectivity index (χ4v) is 2.79. The van der Waals surface area contributed by atoms with Crippen LogP contribution >= 0.6 is 89.0 Å². The predicted molar refractivity (Wildman–Crippen MR) is 93.2 cm³/mol. The van der Waals surface area contributed by atoms with E-state index in [9.17, 15) is 9.36 Å². The van der Waals surface area contributed by atoms with Crippen molar-refractivity contribution in [2.24, 2.45) is 5.16 Å². The lowest BCUT2D eigenvalue weighted by Crippen LogP contribution is -2.27. The maximum atomic E-state index is 12.3. The number of hydrogen-bond acceptors (Lipinski definition) is 6. The van der Waals surface area contributed by atoms with E-state index in [-0.39, 0.29) is 0 Å². The Kier molecular flexibility index (Phi) is 10.2. The number of halogens is 7. The highest BCUT2D eigenvalue weighted by molar-refractivity contribution is 7.48. The molecular formula is C8H10Cl7N2O5P. The van der Waals surface area contributed by atoms with E-state index >= 15 is 0 Å². The van der Waals surface area contributed by atoms with Crippen molar-refractivity contribution in [1.29, 1.82) is 0 Å². The SMILES string of the molecule is CN(C)C(=O)C(Cl)=NOP(=O)(OCC(Cl)(Cl)Cl)OCC(Cl)(Cl)Cl. The van der Waals surface area contributed by atoms with Gasteiger partial charge in [0.25, 0.3) is 5.91 Å². The predicted octanol–water partition coefficient (Wildman–Crippen LogP) is 4.53. The number of hydrogen-bond donors (Lipinski definition) is 0. The fourth-order valence-electron chi connectivity index (χ4n) is 0.698. The van der Waals surface area contributed by atoms with Crippen LogP contribution in [0.2, 0.25) is 0 Å². The molecule has 0 aromatic rings. The van der Waals surface area contributed by atoms with Crippen molar-refractivity contribution in [3.63, 3.8) is 0 Å². The second-order valence-electron chi connectivity index (χ2n) is 3.89. The van der Waals surface area contributed by atoms with Gasteiger partial charge < -0.3 is 4.90 Å². The molecule has 1 amide bonds. The fraction of sp³-hybridized carbons (Fsp3) is 0.750. The first-order valence-corrected chi connectivity index (χ1v) is 9.42. The number of oxime groups is 1. The minimum absolute atomic E-state index is 0.662. The molecule has 0 aliphatic carbocycles. The third-order valence-corrected chi connectivity index (χ3v) is 3.63. The third-order valence-electron chi connectivity index (χ3n) is 1.58. The first-order valence-electron chi connectivity index (χ1n) is 5.32. The van der Waals surface area contributed by atoms with E-state index in [4.69, 9.17) is 90.3 Å². The molecular weight excluding hydrogens is 483 g/mol. The zero-order valence-electron chi connectivity index (χ0n) is 11.4. The second kappa shape index (κ2) is 9.72. The molecule has 0 N–H and O–H groups in total. The summed E-state index contributed by atoms with van der Waals surface area (Å²) in [4.78, 5) is 12.6. The van der Waals surface area contributed by atoms with Gasteiger partial charge in [-0.05, 0) is 0 Å². The Balaban J connectivity index is 5.08. The first kappa shape index (κ1) is 24.1. The molecule has 0 saturated heterocycles. The highest BCUT2D eigenvalue weighted by Gasteiger charge is 2.37. The Morgan fingerprint density at radius 3 is 1.74 bits per heavy atom. The van der Waals surface area contributed by atoms with Crippen LogP contribution in [0.1, 0.15) is 0 Å². The van der Waals surface area contributed by atoms with Crippen molar-refractivity contribution < 1.29 is 23.0 Å². The number of carbonyl (C=O) groups excluding carboxylic acids is 1. The third kappa shape index (κ3) is 12.2. The molecule has 0 spiro atoms. The van der Waals surface area contributed by atoms with Crippen LogP contribution in [0.5, 0.6) is 0 Å². The Hall–Kier alpha value is 1.12. The number of alkyl halides is 6. The molecule has 0 rings (SSSR count). The van der Waals surface area contributed by atoms with Crippen molar-refractivity contribution in [3.05, 3.63) is 0 Å². The maximum absolute atomic E-state index is 12.3. The zero-order valence-corrected chi connectivity index (χ0v) is 17.6. The van der Waals surface area contributed by atoms with E-state index < -0.39 is 39.7 Å². The zero-order chi connectivity index (χ0) is 18.5. The van der Waals surface area contributed by atoms with Crippen LogP contribution in [0.15, 0.2) is 5.16 Å². The molecule has 0 aliphatic heterocycles. The van der Waals surface area contributed by atoms with E-state index in [0.29, 0.717) is 0 Å². The van der Waals surface area contributed by atoms with E-state index in [2.05, 4.69) is 9.78 Å². The van der Waals surface area contributed by atoms with Crippen molar-refractivity contribution in [1.82, 2.24) is 4.90 Å². The van der Waals surface area contributed by atoms with Gasteiger partial charge in [0.1, 0.15) is 13.2 Å².